The Bertz CT molecular complexity index is 809. The summed E-state index contributed by atoms with van der Waals surface area (Å²) in [7, 11) is 3.30. The molecule has 184 valence electrons. The molecule has 0 saturated heterocycles. The maximum Gasteiger partial charge on any atom is 0.306 e. The van der Waals surface area contributed by atoms with E-state index in [0.717, 1.165) is 37.0 Å². The molecule has 1 aliphatic rings. The smallest absolute Gasteiger partial charge is 0.306 e. The van der Waals surface area contributed by atoms with Gasteiger partial charge in [-0.3, -0.25) is 4.79 Å². The molecular weight excluding hydrogens is 422 g/mol. The first-order chi connectivity index (χ1) is 15.8. The van der Waals surface area contributed by atoms with E-state index in [-0.39, 0.29) is 29.7 Å². The van der Waals surface area contributed by atoms with Crippen molar-refractivity contribution in [1.29, 1.82) is 0 Å². The van der Waals surface area contributed by atoms with Crippen molar-refractivity contribution >= 4 is 5.97 Å². The van der Waals surface area contributed by atoms with Crippen molar-refractivity contribution in [3.05, 3.63) is 34.2 Å². The van der Waals surface area contributed by atoms with Gasteiger partial charge < -0.3 is 19.3 Å². The Balaban J connectivity index is 2.10. The van der Waals surface area contributed by atoms with Gasteiger partial charge in [-0.15, -0.1) is 0 Å². The zero-order valence-electron chi connectivity index (χ0n) is 20.6. The number of hydrogen-bond acceptors (Lipinski definition) is 5. The minimum absolute atomic E-state index is 0.0802. The van der Waals surface area contributed by atoms with Crippen molar-refractivity contribution in [1.82, 2.24) is 0 Å². The van der Waals surface area contributed by atoms with Crippen molar-refractivity contribution in [3.8, 4) is 11.5 Å². The summed E-state index contributed by atoms with van der Waals surface area (Å²) in [6, 6.07) is 5.92. The predicted octanol–water partition coefficient (Wildman–Crippen LogP) is 5.74. The number of carbonyl (C=O) groups is 1. The second kappa shape index (κ2) is 13.3. The number of carboxylic acids is 1. The van der Waals surface area contributed by atoms with Crippen molar-refractivity contribution < 1.29 is 24.1 Å². The van der Waals surface area contributed by atoms with Crippen LogP contribution in [0.3, 0.4) is 0 Å². The molecule has 1 aliphatic carbocycles. The molecular formula is C25H39N3O5. The Labute approximate surface area is 197 Å². The molecule has 1 aromatic rings. The number of nitrogens with zero attached hydrogens (tertiary/aromatic N) is 3. The number of aliphatic carboxylic acids is 1. The molecule has 0 aromatic heterocycles. The van der Waals surface area contributed by atoms with Crippen LogP contribution >= 0.6 is 0 Å². The standard InChI is InChI=1S/C25H39N3O5/c1-16(2)21(25(29)30)9-8-19-15-20(17(3)24(19)27-28-26)13-18-7-10-22(32-5)23(14-18)33-12-6-11-31-4/h7,10,14,16-17,19-21,24H,6,8-9,11-13,15H2,1-5H3,(H,29,30)/t17?,19-,20?,21+,24?/m1/s1. The largest absolute Gasteiger partial charge is 0.493 e. The van der Waals surface area contributed by atoms with E-state index in [9.17, 15) is 9.90 Å². The quantitative estimate of drug-likeness (QED) is 0.164. The van der Waals surface area contributed by atoms with Gasteiger partial charge in [0.1, 0.15) is 0 Å². The summed E-state index contributed by atoms with van der Waals surface area (Å²) >= 11 is 0. The molecule has 0 spiro atoms. The van der Waals surface area contributed by atoms with Crippen LogP contribution in [0.15, 0.2) is 23.3 Å². The summed E-state index contributed by atoms with van der Waals surface area (Å²) in [6.45, 7) is 7.23. The van der Waals surface area contributed by atoms with Crippen LogP contribution in [-0.4, -0.2) is 44.6 Å². The van der Waals surface area contributed by atoms with E-state index in [2.05, 4.69) is 23.0 Å². The summed E-state index contributed by atoms with van der Waals surface area (Å²) in [5.74, 6) is 1.16. The second-order valence-corrected chi connectivity index (χ2v) is 9.46. The van der Waals surface area contributed by atoms with Crippen molar-refractivity contribution in [2.45, 2.75) is 58.9 Å². The average molecular weight is 462 g/mol. The Kier molecular flexibility index (Phi) is 10.8. The molecule has 1 N–H and O–H groups in total. The minimum Gasteiger partial charge on any atom is -0.493 e. The topological polar surface area (TPSA) is 114 Å². The third kappa shape index (κ3) is 7.54. The van der Waals surface area contributed by atoms with Gasteiger partial charge in [0.05, 0.1) is 19.6 Å². The maximum atomic E-state index is 11.6. The molecule has 33 heavy (non-hydrogen) atoms. The summed E-state index contributed by atoms with van der Waals surface area (Å²) in [6.07, 6.45) is 3.94. The highest BCUT2D eigenvalue weighted by Gasteiger charge is 2.40. The molecule has 0 amide bonds. The molecule has 1 saturated carbocycles. The van der Waals surface area contributed by atoms with Crippen LogP contribution in [0.5, 0.6) is 11.5 Å². The van der Waals surface area contributed by atoms with E-state index in [4.69, 9.17) is 19.7 Å². The first-order valence-corrected chi connectivity index (χ1v) is 11.9. The fraction of sp³-hybridized carbons (Fsp3) is 0.720. The van der Waals surface area contributed by atoms with Gasteiger partial charge in [-0.05, 0) is 72.6 Å². The highest BCUT2D eigenvalue weighted by molar-refractivity contribution is 5.70. The zero-order valence-corrected chi connectivity index (χ0v) is 20.6. The number of hydrogen-bond donors (Lipinski definition) is 1. The number of benzene rings is 1. The lowest BCUT2D eigenvalue weighted by Crippen LogP contribution is -2.23. The van der Waals surface area contributed by atoms with Crippen LogP contribution in [-0.2, 0) is 16.0 Å². The molecule has 1 fully saturated rings. The Morgan fingerprint density at radius 3 is 2.61 bits per heavy atom. The molecule has 8 nitrogen and oxygen atoms in total. The van der Waals surface area contributed by atoms with E-state index in [0.29, 0.717) is 31.3 Å². The molecule has 3 unspecified atom stereocenters. The first-order valence-electron chi connectivity index (χ1n) is 11.9. The highest BCUT2D eigenvalue weighted by Crippen LogP contribution is 2.44. The van der Waals surface area contributed by atoms with Gasteiger partial charge in [0.2, 0.25) is 0 Å². The molecule has 1 aromatic carbocycles. The lowest BCUT2D eigenvalue weighted by molar-refractivity contribution is -0.143. The summed E-state index contributed by atoms with van der Waals surface area (Å²) < 4.78 is 16.5. The third-order valence-electron chi connectivity index (χ3n) is 7.00. The molecule has 5 atom stereocenters. The van der Waals surface area contributed by atoms with Crippen LogP contribution in [0, 0.1) is 29.6 Å². The lowest BCUT2D eigenvalue weighted by Gasteiger charge is -2.21. The van der Waals surface area contributed by atoms with Gasteiger partial charge in [0, 0.05) is 31.1 Å². The van der Waals surface area contributed by atoms with Gasteiger partial charge in [0.15, 0.2) is 11.5 Å². The van der Waals surface area contributed by atoms with Gasteiger partial charge in [-0.2, -0.15) is 0 Å². The van der Waals surface area contributed by atoms with E-state index in [1.165, 1.54) is 0 Å². The Morgan fingerprint density at radius 2 is 2.00 bits per heavy atom. The molecule has 2 rings (SSSR count). The fourth-order valence-electron chi connectivity index (χ4n) is 5.05. The minimum atomic E-state index is -0.746. The molecule has 0 bridgehead atoms. The summed E-state index contributed by atoms with van der Waals surface area (Å²) in [5.41, 5.74) is 10.3. The Hall–Kier alpha value is -2.44. The van der Waals surface area contributed by atoms with E-state index in [1.807, 2.05) is 26.0 Å². The van der Waals surface area contributed by atoms with Crippen molar-refractivity contribution in [2.75, 3.05) is 27.4 Å². The van der Waals surface area contributed by atoms with Crippen molar-refractivity contribution in [2.24, 2.45) is 34.7 Å². The first kappa shape index (κ1) is 26.8. The molecule has 8 heteroatoms. The zero-order chi connectivity index (χ0) is 24.4. The number of azide groups is 1. The van der Waals surface area contributed by atoms with Crippen LogP contribution in [0.2, 0.25) is 0 Å². The monoisotopic (exact) mass is 461 g/mol. The fourth-order valence-corrected chi connectivity index (χ4v) is 5.05. The van der Waals surface area contributed by atoms with Crippen LogP contribution in [0.1, 0.15) is 52.0 Å². The van der Waals surface area contributed by atoms with Gasteiger partial charge in [0.25, 0.3) is 0 Å². The Morgan fingerprint density at radius 1 is 1.24 bits per heavy atom. The van der Waals surface area contributed by atoms with Crippen LogP contribution in [0.4, 0.5) is 0 Å². The number of ether oxygens (including phenoxy) is 3. The highest BCUT2D eigenvalue weighted by atomic mass is 16.5. The number of carboxylic acid groups (broad SMARTS) is 1. The average Bonchev–Trinajstić information content (AvgIpc) is 3.06. The number of methoxy groups -OCH3 is 2. The molecule has 0 aliphatic heterocycles. The van der Waals surface area contributed by atoms with Crippen molar-refractivity contribution in [3.63, 3.8) is 0 Å². The van der Waals surface area contributed by atoms with Gasteiger partial charge >= 0.3 is 5.97 Å². The van der Waals surface area contributed by atoms with Crippen LogP contribution in [0.25, 0.3) is 10.4 Å². The van der Waals surface area contributed by atoms with E-state index < -0.39 is 5.97 Å². The predicted molar refractivity (Wildman–Crippen MR) is 128 cm³/mol. The normalized spacial score (nSPS) is 23.2. The second-order valence-electron chi connectivity index (χ2n) is 9.46. The SMILES string of the molecule is COCCCOc1cc(CC2C[C@@H](CC[C@H](C(=O)O)C(C)C)C(N=[N+]=[N-])C2C)ccc1OC. The van der Waals surface area contributed by atoms with Crippen LogP contribution < -0.4 is 9.47 Å². The van der Waals surface area contributed by atoms with Gasteiger partial charge in [-0.25, -0.2) is 0 Å². The maximum absolute atomic E-state index is 11.6. The number of rotatable bonds is 14. The molecule has 0 radical (unpaired) electrons. The third-order valence-corrected chi connectivity index (χ3v) is 7.00. The summed E-state index contributed by atoms with van der Waals surface area (Å²) in [4.78, 5) is 14.7. The van der Waals surface area contributed by atoms with E-state index in [1.54, 1.807) is 14.2 Å². The summed E-state index contributed by atoms with van der Waals surface area (Å²) in [5, 5.41) is 13.7. The van der Waals surface area contributed by atoms with Gasteiger partial charge in [-0.1, -0.05) is 32.0 Å². The lowest BCUT2D eigenvalue weighted by atomic mass is 9.86. The molecule has 0 heterocycles. The van der Waals surface area contributed by atoms with E-state index >= 15 is 0 Å².